The molecule has 0 saturated carbocycles. The Hall–Kier alpha value is -2.75. The Bertz CT molecular complexity index is 879. The Kier molecular flexibility index (Phi) is 5.76. The first-order valence-corrected chi connectivity index (χ1v) is 8.45. The summed E-state index contributed by atoms with van der Waals surface area (Å²) in [7, 11) is -4.98. The number of alkyl halides is 3. The smallest absolute Gasteiger partial charge is 0.488 e. The van der Waals surface area contributed by atoms with Crippen molar-refractivity contribution in [3.05, 3.63) is 59.7 Å². The number of benzene rings is 2. The van der Waals surface area contributed by atoms with Gasteiger partial charge in [0.15, 0.2) is 5.75 Å². The molecule has 6 nitrogen and oxygen atoms in total. The molecule has 2 aromatic carbocycles. The van der Waals surface area contributed by atoms with Crippen molar-refractivity contribution in [3.63, 3.8) is 0 Å². The fourth-order valence-corrected chi connectivity index (χ4v) is 2.37. The van der Waals surface area contributed by atoms with Crippen molar-refractivity contribution in [2.45, 2.75) is 12.1 Å². The highest BCUT2D eigenvalue weighted by Crippen LogP contribution is 2.34. The van der Waals surface area contributed by atoms with E-state index >= 15 is 0 Å². The van der Waals surface area contributed by atoms with Gasteiger partial charge in [0.1, 0.15) is 17.9 Å². The molecule has 0 aliphatic carbocycles. The van der Waals surface area contributed by atoms with Crippen LogP contribution >= 0.6 is 0 Å². The van der Waals surface area contributed by atoms with Crippen LogP contribution in [0.25, 0.3) is 0 Å². The highest BCUT2D eigenvalue weighted by Gasteiger charge is 2.49. The molecule has 26 heavy (non-hydrogen) atoms. The minimum Gasteiger partial charge on any atom is -0.488 e. The number of ether oxygens (including phenoxy) is 2. The molecule has 0 atom stereocenters. The third kappa shape index (κ3) is 4.45. The van der Waals surface area contributed by atoms with Gasteiger partial charge in [-0.3, -0.25) is 0 Å². The molecule has 0 heterocycles. The lowest BCUT2D eigenvalue weighted by Gasteiger charge is -2.15. The fraction of sp³-hybridized carbons (Fsp3) is 0.188. The maximum absolute atomic E-state index is 12.5. The van der Waals surface area contributed by atoms with Crippen LogP contribution in [0.3, 0.4) is 0 Å². The van der Waals surface area contributed by atoms with E-state index in [1.54, 1.807) is 30.3 Å². The van der Waals surface area contributed by atoms with Crippen LogP contribution in [0.2, 0.25) is 0 Å². The van der Waals surface area contributed by atoms with Crippen molar-refractivity contribution in [3.8, 4) is 11.5 Å². The molecule has 0 saturated heterocycles. The standard InChI is InChI=1S/C16H13F3O6S/c1-23-15(20)14-12(24-10-11-6-3-2-4-7-11)8-5-9-13(14)25-26(21,22)16(17,18)19/h2-9H,10H2,1H3. The second-order valence-corrected chi connectivity index (χ2v) is 6.42. The predicted octanol–water partition coefficient (Wildman–Crippen LogP) is 3.28. The summed E-state index contributed by atoms with van der Waals surface area (Å²) in [4.78, 5) is 11.9. The maximum atomic E-state index is 12.5. The van der Waals surface area contributed by atoms with Crippen molar-refractivity contribution in [1.29, 1.82) is 0 Å². The van der Waals surface area contributed by atoms with Crippen molar-refractivity contribution in [2.75, 3.05) is 7.11 Å². The first-order valence-electron chi connectivity index (χ1n) is 7.04. The summed E-state index contributed by atoms with van der Waals surface area (Å²) >= 11 is 0. The van der Waals surface area contributed by atoms with Crippen LogP contribution in [0.5, 0.6) is 11.5 Å². The Labute approximate surface area is 147 Å². The van der Waals surface area contributed by atoms with E-state index in [1.807, 2.05) is 0 Å². The Morgan fingerprint density at radius 1 is 1.00 bits per heavy atom. The molecule has 0 amide bonds. The quantitative estimate of drug-likeness (QED) is 0.428. The highest BCUT2D eigenvalue weighted by atomic mass is 32.2. The SMILES string of the molecule is COC(=O)c1c(OCc2ccccc2)cccc1OS(=O)(=O)C(F)(F)F. The second kappa shape index (κ2) is 7.65. The maximum Gasteiger partial charge on any atom is 0.534 e. The first kappa shape index (κ1) is 19.6. The van der Waals surface area contributed by atoms with Crippen LogP contribution in [0.4, 0.5) is 13.2 Å². The van der Waals surface area contributed by atoms with E-state index < -0.39 is 32.9 Å². The summed E-state index contributed by atoms with van der Waals surface area (Å²) in [6.07, 6.45) is 0. The molecule has 0 radical (unpaired) electrons. The minimum absolute atomic E-state index is 0.0136. The van der Waals surface area contributed by atoms with Gasteiger partial charge in [0.2, 0.25) is 0 Å². The van der Waals surface area contributed by atoms with Crippen molar-refractivity contribution in [2.24, 2.45) is 0 Å². The summed E-state index contributed by atoms with van der Waals surface area (Å²) in [5.41, 5.74) is -5.50. The summed E-state index contributed by atoms with van der Waals surface area (Å²) in [5, 5.41) is 0. The Morgan fingerprint density at radius 3 is 2.19 bits per heavy atom. The molecule has 0 aromatic heterocycles. The van der Waals surface area contributed by atoms with Gasteiger partial charge in [-0.1, -0.05) is 36.4 Å². The van der Waals surface area contributed by atoms with Gasteiger partial charge in [-0.15, -0.1) is 0 Å². The van der Waals surface area contributed by atoms with Crippen molar-refractivity contribution < 1.29 is 40.0 Å². The average molecular weight is 390 g/mol. The van der Waals surface area contributed by atoms with Crippen LogP contribution in [0.1, 0.15) is 15.9 Å². The van der Waals surface area contributed by atoms with Gasteiger partial charge in [0.25, 0.3) is 0 Å². The van der Waals surface area contributed by atoms with Gasteiger partial charge in [0.05, 0.1) is 7.11 Å². The largest absolute Gasteiger partial charge is 0.534 e. The lowest BCUT2D eigenvalue weighted by molar-refractivity contribution is -0.0500. The molecule has 2 rings (SSSR count). The van der Waals surface area contributed by atoms with Gasteiger partial charge in [-0.05, 0) is 17.7 Å². The monoisotopic (exact) mass is 390 g/mol. The number of methoxy groups -OCH3 is 1. The van der Waals surface area contributed by atoms with E-state index in [-0.39, 0.29) is 12.4 Å². The fourth-order valence-electron chi connectivity index (χ4n) is 1.90. The number of carbonyl (C=O) groups excluding carboxylic acids is 1. The van der Waals surface area contributed by atoms with Gasteiger partial charge in [-0.2, -0.15) is 21.6 Å². The number of rotatable bonds is 6. The minimum atomic E-state index is -5.96. The zero-order chi connectivity index (χ0) is 19.4. The Morgan fingerprint density at radius 2 is 1.62 bits per heavy atom. The summed E-state index contributed by atoms with van der Waals surface area (Å²) < 4.78 is 74.1. The van der Waals surface area contributed by atoms with Crippen LogP contribution < -0.4 is 8.92 Å². The topological polar surface area (TPSA) is 78.9 Å². The van der Waals surface area contributed by atoms with Gasteiger partial charge in [0, 0.05) is 0 Å². The molecule has 2 aromatic rings. The number of carbonyl (C=O) groups is 1. The molecular weight excluding hydrogens is 377 g/mol. The molecule has 0 N–H and O–H groups in total. The normalized spacial score (nSPS) is 11.7. The Balaban J connectivity index is 2.39. The first-order chi connectivity index (χ1) is 12.2. The lowest BCUT2D eigenvalue weighted by Crippen LogP contribution is -2.28. The third-order valence-electron chi connectivity index (χ3n) is 3.10. The second-order valence-electron chi connectivity index (χ2n) is 4.88. The molecule has 0 aliphatic rings. The van der Waals surface area contributed by atoms with Crippen molar-refractivity contribution in [1.82, 2.24) is 0 Å². The molecule has 0 bridgehead atoms. The van der Waals surface area contributed by atoms with Gasteiger partial charge in [-0.25, -0.2) is 4.79 Å². The highest BCUT2D eigenvalue weighted by molar-refractivity contribution is 7.88. The third-order valence-corrected chi connectivity index (χ3v) is 4.06. The number of hydrogen-bond donors (Lipinski definition) is 0. The number of halogens is 3. The van der Waals surface area contributed by atoms with Gasteiger partial charge >= 0.3 is 21.6 Å². The number of hydrogen-bond acceptors (Lipinski definition) is 6. The molecule has 0 fully saturated rings. The predicted molar refractivity (Wildman–Crippen MR) is 84.2 cm³/mol. The van der Waals surface area contributed by atoms with Gasteiger partial charge < -0.3 is 13.7 Å². The van der Waals surface area contributed by atoms with Crippen LogP contribution in [-0.4, -0.2) is 27.0 Å². The zero-order valence-corrected chi connectivity index (χ0v) is 14.1. The molecular formula is C16H13F3O6S. The summed E-state index contributed by atoms with van der Waals surface area (Å²) in [6, 6.07) is 12.1. The molecule has 0 aliphatic heterocycles. The van der Waals surface area contributed by atoms with E-state index in [4.69, 9.17) is 4.74 Å². The zero-order valence-electron chi connectivity index (χ0n) is 13.3. The number of esters is 1. The van der Waals surface area contributed by atoms with Crippen LogP contribution in [-0.2, 0) is 21.5 Å². The lowest BCUT2D eigenvalue weighted by atomic mass is 10.1. The van der Waals surface area contributed by atoms with Crippen LogP contribution in [0, 0.1) is 0 Å². The molecule has 140 valence electrons. The molecule has 0 spiro atoms. The van der Waals surface area contributed by atoms with Crippen molar-refractivity contribution >= 4 is 16.1 Å². The van der Waals surface area contributed by atoms with E-state index in [0.717, 1.165) is 18.7 Å². The van der Waals surface area contributed by atoms with E-state index in [2.05, 4.69) is 8.92 Å². The van der Waals surface area contributed by atoms with E-state index in [9.17, 15) is 26.4 Å². The summed E-state index contributed by atoms with van der Waals surface area (Å²) in [6.45, 7) is -0.0136. The van der Waals surface area contributed by atoms with Crippen LogP contribution in [0.15, 0.2) is 48.5 Å². The molecule has 10 heteroatoms. The summed E-state index contributed by atoms with van der Waals surface area (Å²) in [5.74, 6) is -2.14. The van der Waals surface area contributed by atoms with E-state index in [1.165, 1.54) is 12.1 Å². The molecule has 0 unspecified atom stereocenters. The van der Waals surface area contributed by atoms with E-state index in [0.29, 0.717) is 0 Å². The average Bonchev–Trinajstić information content (AvgIpc) is 2.59.